The highest BCUT2D eigenvalue weighted by atomic mass is 35.5. The fourth-order valence-electron chi connectivity index (χ4n) is 1.99. The van der Waals surface area contributed by atoms with Crippen molar-refractivity contribution in [2.24, 2.45) is 0 Å². The highest BCUT2D eigenvalue weighted by Gasteiger charge is 2.20. The van der Waals surface area contributed by atoms with E-state index in [0.717, 1.165) is 25.8 Å². The van der Waals surface area contributed by atoms with Crippen LogP contribution in [0.25, 0.3) is 0 Å². The Balaban J connectivity index is 2.02. The SMILES string of the molecule is N#Cc1ccc(NC(=O)[C@@H]2CCCCN2)cc1Cl. The number of nitrogens with one attached hydrogen (secondary N) is 2. The zero-order valence-electron chi connectivity index (χ0n) is 9.87. The monoisotopic (exact) mass is 263 g/mol. The quantitative estimate of drug-likeness (QED) is 0.860. The Kier molecular flexibility index (Phi) is 4.19. The maximum absolute atomic E-state index is 12.0. The Morgan fingerprint density at radius 2 is 2.33 bits per heavy atom. The highest BCUT2D eigenvalue weighted by Crippen LogP contribution is 2.20. The first-order valence-corrected chi connectivity index (χ1v) is 6.32. The summed E-state index contributed by atoms with van der Waals surface area (Å²) in [5, 5.41) is 15.1. The second-order valence-electron chi connectivity index (χ2n) is 4.30. The molecule has 0 bridgehead atoms. The molecule has 0 aliphatic carbocycles. The summed E-state index contributed by atoms with van der Waals surface area (Å²) in [5.41, 5.74) is 1.03. The molecular weight excluding hydrogens is 250 g/mol. The number of carbonyl (C=O) groups is 1. The summed E-state index contributed by atoms with van der Waals surface area (Å²) in [6.07, 6.45) is 3.04. The third-order valence-corrected chi connectivity index (χ3v) is 3.30. The summed E-state index contributed by atoms with van der Waals surface area (Å²) in [4.78, 5) is 12.0. The topological polar surface area (TPSA) is 64.9 Å². The van der Waals surface area contributed by atoms with Gasteiger partial charge in [0.15, 0.2) is 0 Å². The standard InChI is InChI=1S/C13H14ClN3O/c14-11-7-10(5-4-9(11)8-15)17-13(18)12-3-1-2-6-16-12/h4-5,7,12,16H,1-3,6H2,(H,17,18)/t12-/m0/s1. The van der Waals surface area contributed by atoms with Crippen molar-refractivity contribution in [3.05, 3.63) is 28.8 Å². The second kappa shape index (κ2) is 5.85. The van der Waals surface area contributed by atoms with Crippen molar-refractivity contribution in [3.8, 4) is 6.07 Å². The van der Waals surface area contributed by atoms with E-state index in [9.17, 15) is 4.79 Å². The molecule has 1 aliphatic rings. The molecule has 1 aromatic rings. The minimum atomic E-state index is -0.131. The minimum absolute atomic E-state index is 0.0459. The first kappa shape index (κ1) is 12.9. The van der Waals surface area contributed by atoms with Gasteiger partial charge in [-0.3, -0.25) is 4.79 Å². The minimum Gasteiger partial charge on any atom is -0.325 e. The van der Waals surface area contributed by atoms with Gasteiger partial charge in [-0.25, -0.2) is 0 Å². The summed E-state index contributed by atoms with van der Waals surface area (Å²) >= 11 is 5.91. The Hall–Kier alpha value is -1.57. The van der Waals surface area contributed by atoms with E-state index >= 15 is 0 Å². The van der Waals surface area contributed by atoms with E-state index in [-0.39, 0.29) is 11.9 Å². The molecule has 0 radical (unpaired) electrons. The van der Waals surface area contributed by atoms with Gasteiger partial charge in [0.1, 0.15) is 6.07 Å². The van der Waals surface area contributed by atoms with Crippen LogP contribution in [0.1, 0.15) is 24.8 Å². The molecule has 0 saturated carbocycles. The van der Waals surface area contributed by atoms with Gasteiger partial charge in [-0.1, -0.05) is 18.0 Å². The largest absolute Gasteiger partial charge is 0.325 e. The third kappa shape index (κ3) is 3.00. The molecule has 0 spiro atoms. The van der Waals surface area contributed by atoms with Crippen LogP contribution in [0.2, 0.25) is 5.02 Å². The molecule has 94 valence electrons. The van der Waals surface area contributed by atoms with E-state index in [1.807, 2.05) is 6.07 Å². The second-order valence-corrected chi connectivity index (χ2v) is 4.71. The van der Waals surface area contributed by atoms with Crippen molar-refractivity contribution < 1.29 is 4.79 Å². The number of nitriles is 1. The van der Waals surface area contributed by atoms with E-state index in [1.165, 1.54) is 0 Å². The molecule has 0 aromatic heterocycles. The van der Waals surface area contributed by atoms with Gasteiger partial charge in [-0.2, -0.15) is 5.26 Å². The molecule has 1 saturated heterocycles. The van der Waals surface area contributed by atoms with Crippen LogP contribution in [0.3, 0.4) is 0 Å². The van der Waals surface area contributed by atoms with E-state index in [1.54, 1.807) is 18.2 Å². The Bertz CT molecular complexity index is 489. The van der Waals surface area contributed by atoms with Gasteiger partial charge in [0.2, 0.25) is 5.91 Å². The maximum Gasteiger partial charge on any atom is 0.241 e. The third-order valence-electron chi connectivity index (χ3n) is 2.98. The predicted octanol–water partition coefficient (Wildman–Crippen LogP) is 2.29. The summed E-state index contributed by atoms with van der Waals surface area (Å²) < 4.78 is 0. The van der Waals surface area contributed by atoms with Crippen molar-refractivity contribution in [1.29, 1.82) is 5.26 Å². The van der Waals surface area contributed by atoms with Gasteiger partial charge in [0.05, 0.1) is 16.6 Å². The molecule has 2 N–H and O–H groups in total. The van der Waals surface area contributed by atoms with Crippen LogP contribution in [0.15, 0.2) is 18.2 Å². The van der Waals surface area contributed by atoms with Gasteiger partial charge < -0.3 is 10.6 Å². The summed E-state index contributed by atoms with van der Waals surface area (Å²) in [5.74, 6) is -0.0459. The molecule has 1 aliphatic heterocycles. The van der Waals surface area contributed by atoms with Crippen molar-refractivity contribution in [2.75, 3.05) is 11.9 Å². The molecule has 1 fully saturated rings. The zero-order valence-corrected chi connectivity index (χ0v) is 10.6. The molecule has 1 amide bonds. The van der Waals surface area contributed by atoms with Crippen molar-refractivity contribution in [2.45, 2.75) is 25.3 Å². The number of halogens is 1. The number of hydrogen-bond acceptors (Lipinski definition) is 3. The van der Waals surface area contributed by atoms with Crippen molar-refractivity contribution in [3.63, 3.8) is 0 Å². The average Bonchev–Trinajstić information content (AvgIpc) is 2.40. The fraction of sp³-hybridized carbons (Fsp3) is 0.385. The number of anilines is 1. The van der Waals surface area contributed by atoms with Crippen LogP contribution >= 0.6 is 11.6 Å². The van der Waals surface area contributed by atoms with Crippen molar-refractivity contribution >= 4 is 23.2 Å². The number of hydrogen-bond donors (Lipinski definition) is 2. The van der Waals surface area contributed by atoms with Gasteiger partial charge >= 0.3 is 0 Å². The van der Waals surface area contributed by atoms with Gasteiger partial charge in [-0.15, -0.1) is 0 Å². The zero-order chi connectivity index (χ0) is 13.0. The normalized spacial score (nSPS) is 19.0. The van der Waals surface area contributed by atoms with Gasteiger partial charge in [0.25, 0.3) is 0 Å². The molecule has 18 heavy (non-hydrogen) atoms. The molecule has 2 rings (SSSR count). The number of rotatable bonds is 2. The molecule has 4 nitrogen and oxygen atoms in total. The number of piperidine rings is 1. The van der Waals surface area contributed by atoms with Gasteiger partial charge in [-0.05, 0) is 37.6 Å². The molecule has 1 aromatic carbocycles. The Morgan fingerprint density at radius 1 is 1.50 bits per heavy atom. The molecule has 1 heterocycles. The van der Waals surface area contributed by atoms with E-state index in [2.05, 4.69) is 10.6 Å². The molecule has 0 unspecified atom stereocenters. The lowest BCUT2D eigenvalue weighted by Gasteiger charge is -2.22. The first-order chi connectivity index (χ1) is 8.70. The lowest BCUT2D eigenvalue weighted by molar-refractivity contribution is -0.118. The molecule has 1 atom stereocenters. The highest BCUT2D eigenvalue weighted by molar-refractivity contribution is 6.32. The van der Waals surface area contributed by atoms with Gasteiger partial charge in [0, 0.05) is 5.69 Å². The van der Waals surface area contributed by atoms with Crippen LogP contribution in [0.5, 0.6) is 0 Å². The Labute approximate surface area is 111 Å². The average molecular weight is 264 g/mol. The first-order valence-electron chi connectivity index (χ1n) is 5.94. The smallest absolute Gasteiger partial charge is 0.241 e. The van der Waals surface area contributed by atoms with Crippen LogP contribution in [0, 0.1) is 11.3 Å². The number of amides is 1. The molecular formula is C13H14ClN3O. The number of nitrogens with zero attached hydrogens (tertiary/aromatic N) is 1. The van der Waals surface area contributed by atoms with E-state index in [0.29, 0.717) is 16.3 Å². The van der Waals surface area contributed by atoms with Crippen LogP contribution in [0.4, 0.5) is 5.69 Å². The van der Waals surface area contributed by atoms with Crippen molar-refractivity contribution in [1.82, 2.24) is 5.32 Å². The lowest BCUT2D eigenvalue weighted by atomic mass is 10.0. The predicted molar refractivity (Wildman–Crippen MR) is 70.4 cm³/mol. The van der Waals surface area contributed by atoms with Crippen LogP contribution < -0.4 is 10.6 Å². The lowest BCUT2D eigenvalue weighted by Crippen LogP contribution is -2.43. The van der Waals surface area contributed by atoms with Crippen LogP contribution in [-0.2, 0) is 4.79 Å². The van der Waals surface area contributed by atoms with Crippen LogP contribution in [-0.4, -0.2) is 18.5 Å². The fourth-order valence-corrected chi connectivity index (χ4v) is 2.21. The van der Waals surface area contributed by atoms with E-state index in [4.69, 9.17) is 16.9 Å². The number of benzene rings is 1. The number of carbonyl (C=O) groups excluding carboxylic acids is 1. The molecule has 5 heteroatoms. The van der Waals surface area contributed by atoms with E-state index < -0.39 is 0 Å². The summed E-state index contributed by atoms with van der Waals surface area (Å²) in [6, 6.07) is 6.74. The summed E-state index contributed by atoms with van der Waals surface area (Å²) in [7, 11) is 0. The Morgan fingerprint density at radius 3 is 2.94 bits per heavy atom. The summed E-state index contributed by atoms with van der Waals surface area (Å²) in [6.45, 7) is 0.881. The maximum atomic E-state index is 12.0.